The van der Waals surface area contributed by atoms with Gasteiger partial charge in [0.15, 0.2) is 0 Å². The quantitative estimate of drug-likeness (QED) is 0.824. The van der Waals surface area contributed by atoms with E-state index in [0.29, 0.717) is 6.42 Å². The van der Waals surface area contributed by atoms with Gasteiger partial charge in [-0.25, -0.2) is 0 Å². The summed E-state index contributed by atoms with van der Waals surface area (Å²) in [6.45, 7) is 0.758. The van der Waals surface area contributed by atoms with Crippen molar-refractivity contribution in [3.63, 3.8) is 0 Å². The highest BCUT2D eigenvalue weighted by Gasteiger charge is 2.31. The summed E-state index contributed by atoms with van der Waals surface area (Å²) in [7, 11) is 0. The van der Waals surface area contributed by atoms with Crippen LogP contribution >= 0.6 is 12.6 Å². The molecular weight excluding hydrogens is 254 g/mol. The van der Waals surface area contributed by atoms with Crippen molar-refractivity contribution in [1.29, 1.82) is 5.26 Å². The molecular formula is C16H21NOS. The summed E-state index contributed by atoms with van der Waals surface area (Å²) in [5, 5.41) is 8.64. The smallest absolute Gasteiger partial charge is 0.119 e. The van der Waals surface area contributed by atoms with E-state index in [1.54, 1.807) is 0 Å². The molecule has 0 saturated heterocycles. The van der Waals surface area contributed by atoms with Gasteiger partial charge in [-0.1, -0.05) is 31.4 Å². The Balaban J connectivity index is 1.92. The van der Waals surface area contributed by atoms with Gasteiger partial charge >= 0.3 is 0 Å². The lowest BCUT2D eigenvalue weighted by Gasteiger charge is -2.35. The fourth-order valence-electron chi connectivity index (χ4n) is 2.68. The number of hydrogen-bond donors (Lipinski definition) is 1. The van der Waals surface area contributed by atoms with Crippen LogP contribution in [0.4, 0.5) is 0 Å². The highest BCUT2D eigenvalue weighted by Crippen LogP contribution is 2.37. The SMILES string of the molecule is N#CCc1ccc(OCC2(CS)CCCCC2)cc1. The number of ether oxygens (including phenoxy) is 1. The molecule has 0 aromatic heterocycles. The van der Waals surface area contributed by atoms with Gasteiger partial charge in [0.2, 0.25) is 0 Å². The molecule has 102 valence electrons. The van der Waals surface area contributed by atoms with Crippen molar-refractivity contribution in [2.24, 2.45) is 5.41 Å². The Kier molecular flexibility index (Phi) is 5.15. The molecule has 1 fully saturated rings. The van der Waals surface area contributed by atoms with E-state index in [1.807, 2.05) is 24.3 Å². The minimum atomic E-state index is 0.257. The van der Waals surface area contributed by atoms with Gasteiger partial charge in [0.1, 0.15) is 5.75 Å². The highest BCUT2D eigenvalue weighted by molar-refractivity contribution is 7.80. The van der Waals surface area contributed by atoms with Gasteiger partial charge in [0.05, 0.1) is 19.1 Å². The highest BCUT2D eigenvalue weighted by atomic mass is 32.1. The van der Waals surface area contributed by atoms with Crippen LogP contribution in [0.5, 0.6) is 5.75 Å². The standard InChI is InChI=1S/C16H21NOS/c17-11-8-14-4-6-15(7-5-14)18-12-16(13-19)9-2-1-3-10-16/h4-7,19H,1-3,8-10,12-13H2. The maximum Gasteiger partial charge on any atom is 0.119 e. The van der Waals surface area contributed by atoms with Crippen LogP contribution in [-0.2, 0) is 6.42 Å². The molecule has 1 aromatic rings. The number of nitrogens with zero attached hydrogens (tertiary/aromatic N) is 1. The summed E-state index contributed by atoms with van der Waals surface area (Å²) in [4.78, 5) is 0. The maximum atomic E-state index is 8.64. The summed E-state index contributed by atoms with van der Waals surface area (Å²) in [5.41, 5.74) is 1.29. The molecule has 0 aliphatic heterocycles. The molecule has 19 heavy (non-hydrogen) atoms. The monoisotopic (exact) mass is 275 g/mol. The molecule has 0 unspecified atom stereocenters. The first-order chi connectivity index (χ1) is 9.28. The van der Waals surface area contributed by atoms with Gasteiger partial charge in [-0.15, -0.1) is 0 Å². The Bertz CT molecular complexity index is 429. The first kappa shape index (κ1) is 14.3. The molecule has 0 N–H and O–H groups in total. The Labute approximate surface area is 121 Å². The third-order valence-electron chi connectivity index (χ3n) is 4.00. The normalized spacial score (nSPS) is 17.7. The van der Waals surface area contributed by atoms with E-state index in [-0.39, 0.29) is 5.41 Å². The summed E-state index contributed by atoms with van der Waals surface area (Å²) in [6, 6.07) is 10.0. The zero-order chi connectivity index (χ0) is 13.6. The third-order valence-corrected chi connectivity index (χ3v) is 4.67. The van der Waals surface area contributed by atoms with Crippen LogP contribution in [0.3, 0.4) is 0 Å². The lowest BCUT2D eigenvalue weighted by molar-refractivity contribution is 0.121. The molecule has 1 aliphatic rings. The Morgan fingerprint density at radius 3 is 2.42 bits per heavy atom. The summed E-state index contributed by atoms with van der Waals surface area (Å²) >= 11 is 4.52. The van der Waals surface area contributed by atoms with Gasteiger partial charge < -0.3 is 4.74 Å². The summed E-state index contributed by atoms with van der Waals surface area (Å²) < 4.78 is 5.94. The van der Waals surface area contributed by atoms with Crippen LogP contribution in [0.1, 0.15) is 37.7 Å². The number of nitriles is 1. The third kappa shape index (κ3) is 3.91. The molecule has 1 saturated carbocycles. The molecule has 1 aliphatic carbocycles. The van der Waals surface area contributed by atoms with E-state index in [1.165, 1.54) is 32.1 Å². The van der Waals surface area contributed by atoms with Crippen molar-refractivity contribution >= 4 is 12.6 Å². The van der Waals surface area contributed by atoms with Gasteiger partial charge in [0.25, 0.3) is 0 Å². The van der Waals surface area contributed by atoms with Gasteiger partial charge in [-0.3, -0.25) is 0 Å². The molecule has 0 radical (unpaired) electrons. The molecule has 3 heteroatoms. The van der Waals surface area contributed by atoms with E-state index in [0.717, 1.165) is 23.7 Å². The van der Waals surface area contributed by atoms with Crippen molar-refractivity contribution in [1.82, 2.24) is 0 Å². The average molecular weight is 275 g/mol. The fraction of sp³-hybridized carbons (Fsp3) is 0.562. The molecule has 0 atom stereocenters. The molecule has 0 spiro atoms. The van der Waals surface area contributed by atoms with Gasteiger partial charge in [0, 0.05) is 5.41 Å². The Hall–Kier alpha value is -1.14. The predicted molar refractivity (Wildman–Crippen MR) is 80.6 cm³/mol. The van der Waals surface area contributed by atoms with Gasteiger partial charge in [-0.2, -0.15) is 17.9 Å². The maximum absolute atomic E-state index is 8.64. The Morgan fingerprint density at radius 1 is 1.16 bits per heavy atom. The number of thiol groups is 1. The first-order valence-corrected chi connectivity index (χ1v) is 7.61. The number of rotatable bonds is 5. The largest absolute Gasteiger partial charge is 0.493 e. The van der Waals surface area contributed by atoms with Crippen LogP contribution in [0.2, 0.25) is 0 Å². The predicted octanol–water partition coefficient (Wildman–Crippen LogP) is 4.01. The van der Waals surface area contributed by atoms with Crippen molar-refractivity contribution in [2.45, 2.75) is 38.5 Å². The van der Waals surface area contributed by atoms with E-state index >= 15 is 0 Å². The van der Waals surface area contributed by atoms with Crippen LogP contribution in [0, 0.1) is 16.7 Å². The zero-order valence-electron chi connectivity index (χ0n) is 11.3. The van der Waals surface area contributed by atoms with E-state index in [9.17, 15) is 0 Å². The fourth-order valence-corrected chi connectivity index (χ4v) is 3.09. The minimum absolute atomic E-state index is 0.257. The van der Waals surface area contributed by atoms with Crippen molar-refractivity contribution in [3.8, 4) is 11.8 Å². The first-order valence-electron chi connectivity index (χ1n) is 6.98. The second-order valence-corrected chi connectivity index (χ2v) is 5.80. The lowest BCUT2D eigenvalue weighted by atomic mass is 9.76. The second-order valence-electron chi connectivity index (χ2n) is 5.49. The van der Waals surface area contributed by atoms with Crippen LogP contribution in [-0.4, -0.2) is 12.4 Å². The topological polar surface area (TPSA) is 33.0 Å². The van der Waals surface area contributed by atoms with Crippen LogP contribution < -0.4 is 4.74 Å². The molecule has 2 rings (SSSR count). The summed E-state index contributed by atoms with van der Waals surface area (Å²) in [6.07, 6.45) is 6.85. The summed E-state index contributed by atoms with van der Waals surface area (Å²) in [5.74, 6) is 1.80. The minimum Gasteiger partial charge on any atom is -0.493 e. The van der Waals surface area contributed by atoms with Crippen molar-refractivity contribution < 1.29 is 4.74 Å². The number of benzene rings is 1. The van der Waals surface area contributed by atoms with Crippen LogP contribution in [0.15, 0.2) is 24.3 Å². The number of hydrogen-bond acceptors (Lipinski definition) is 3. The van der Waals surface area contributed by atoms with E-state index < -0.39 is 0 Å². The average Bonchev–Trinajstić information content (AvgIpc) is 2.48. The molecule has 0 amide bonds. The molecule has 2 nitrogen and oxygen atoms in total. The second kappa shape index (κ2) is 6.86. The van der Waals surface area contributed by atoms with Crippen molar-refractivity contribution in [2.75, 3.05) is 12.4 Å². The van der Waals surface area contributed by atoms with E-state index in [2.05, 4.69) is 18.7 Å². The molecule has 1 aromatic carbocycles. The lowest BCUT2D eigenvalue weighted by Crippen LogP contribution is -2.32. The Morgan fingerprint density at radius 2 is 1.84 bits per heavy atom. The molecule has 0 heterocycles. The van der Waals surface area contributed by atoms with Crippen LogP contribution in [0.25, 0.3) is 0 Å². The zero-order valence-corrected chi connectivity index (χ0v) is 12.2. The van der Waals surface area contributed by atoms with Crippen molar-refractivity contribution in [3.05, 3.63) is 29.8 Å². The van der Waals surface area contributed by atoms with E-state index in [4.69, 9.17) is 10.00 Å². The molecule has 0 bridgehead atoms. The van der Waals surface area contributed by atoms with Gasteiger partial charge in [-0.05, 0) is 36.3 Å².